The Labute approximate surface area is 354 Å². The van der Waals surface area contributed by atoms with Gasteiger partial charge in [0.2, 0.25) is 0 Å². The summed E-state index contributed by atoms with van der Waals surface area (Å²) < 4.78 is 0. The molecule has 0 fully saturated rings. The molecule has 60 heavy (non-hydrogen) atoms. The van der Waals surface area contributed by atoms with Crippen molar-refractivity contribution in [3.8, 4) is 33.6 Å². The Morgan fingerprint density at radius 2 is 1.33 bits per heavy atom. The number of thioether (sulfide) groups is 1. The van der Waals surface area contributed by atoms with Crippen molar-refractivity contribution < 1.29 is 0 Å². The highest BCUT2D eigenvalue weighted by Gasteiger charge is 2.50. The van der Waals surface area contributed by atoms with Crippen LogP contribution < -0.4 is 0 Å². The van der Waals surface area contributed by atoms with Crippen molar-refractivity contribution in [1.82, 2.24) is 19.9 Å². The lowest BCUT2D eigenvalue weighted by Gasteiger charge is -2.40. The molecule has 0 atom stereocenters. The zero-order valence-electron chi connectivity index (χ0n) is 33.1. The number of benzene rings is 5. The van der Waals surface area contributed by atoms with Crippen LogP contribution in [0, 0.1) is 0 Å². The Morgan fingerprint density at radius 1 is 0.600 bits per heavy atom. The summed E-state index contributed by atoms with van der Waals surface area (Å²) in [5, 5.41) is 2.32. The molecule has 0 unspecified atom stereocenters. The topological polar surface area (TPSA) is 51.6 Å². The highest BCUT2D eigenvalue weighted by Crippen LogP contribution is 2.62. The van der Waals surface area contributed by atoms with Crippen LogP contribution in [0.2, 0.25) is 0 Å². The van der Waals surface area contributed by atoms with Crippen LogP contribution in [-0.2, 0) is 5.41 Å². The van der Waals surface area contributed by atoms with E-state index in [0.717, 1.165) is 58.3 Å². The van der Waals surface area contributed by atoms with E-state index in [2.05, 4.69) is 163 Å². The molecule has 4 aliphatic rings. The van der Waals surface area contributed by atoms with E-state index >= 15 is 0 Å². The molecule has 1 spiro atoms. The summed E-state index contributed by atoms with van der Waals surface area (Å²) in [5.74, 6) is 2.08. The van der Waals surface area contributed by atoms with Gasteiger partial charge in [0, 0.05) is 44.3 Å². The predicted molar refractivity (Wildman–Crippen MR) is 248 cm³/mol. The van der Waals surface area contributed by atoms with Crippen molar-refractivity contribution in [2.24, 2.45) is 0 Å². The Kier molecular flexibility index (Phi) is 9.05. The molecule has 0 radical (unpaired) electrons. The molecule has 0 bridgehead atoms. The molecule has 1 aliphatic heterocycles. The standard InChI is InChI=1S/C55H40N4S/c1-2-46-50(31-29-36-16-9-10-22-42(36)54-58-52(38-17-5-3-6-18-38)57-53(59-54)39-19-7-4-8-20-39)60-51-34-40(41-25-15-21-37-32-33-56-35-45(37)41)28-30-49(51)55(46)47-26-13-11-23-43(47)44-24-12-14-27-48(44)55/h2-3,5-7,11-35H,1,4,8-10H2/b31-29+. The molecule has 3 heterocycles. The van der Waals surface area contributed by atoms with Gasteiger partial charge in [-0.25, -0.2) is 15.0 Å². The van der Waals surface area contributed by atoms with Crippen molar-refractivity contribution in [2.75, 3.05) is 0 Å². The Balaban J connectivity index is 1.07. The fourth-order valence-electron chi connectivity index (χ4n) is 9.50. The first-order chi connectivity index (χ1) is 29.7. The summed E-state index contributed by atoms with van der Waals surface area (Å²) in [5.41, 5.74) is 13.5. The maximum absolute atomic E-state index is 5.16. The fraction of sp³-hybridized carbons (Fsp3) is 0.0909. The summed E-state index contributed by atoms with van der Waals surface area (Å²) in [7, 11) is 0. The number of pyridine rings is 1. The van der Waals surface area contributed by atoms with Gasteiger partial charge in [0.05, 0.1) is 5.41 Å². The van der Waals surface area contributed by atoms with E-state index < -0.39 is 5.41 Å². The van der Waals surface area contributed by atoms with Gasteiger partial charge in [0.1, 0.15) is 0 Å². The van der Waals surface area contributed by atoms with Gasteiger partial charge in [-0.05, 0) is 99.4 Å². The average molecular weight is 789 g/mol. The lowest BCUT2D eigenvalue weighted by Crippen LogP contribution is -2.32. The van der Waals surface area contributed by atoms with Gasteiger partial charge in [-0.1, -0.05) is 170 Å². The first kappa shape index (κ1) is 36.2. The Hall–Kier alpha value is -6.95. The number of nitrogens with zero attached hydrogens (tertiary/aromatic N) is 4. The number of aromatic nitrogens is 4. The monoisotopic (exact) mass is 788 g/mol. The maximum Gasteiger partial charge on any atom is 0.164 e. The molecule has 2 aromatic heterocycles. The largest absolute Gasteiger partial charge is 0.264 e. The van der Waals surface area contributed by atoms with Crippen LogP contribution >= 0.6 is 11.8 Å². The summed E-state index contributed by atoms with van der Waals surface area (Å²) in [4.78, 5) is 22.2. The van der Waals surface area contributed by atoms with E-state index in [0.29, 0.717) is 17.5 Å². The lowest BCUT2D eigenvalue weighted by molar-refractivity contribution is 0.742. The van der Waals surface area contributed by atoms with Crippen LogP contribution in [0.1, 0.15) is 54.0 Å². The summed E-state index contributed by atoms with van der Waals surface area (Å²) in [6.07, 6.45) is 25.6. The second kappa shape index (κ2) is 15.0. The molecule has 0 N–H and O–H groups in total. The second-order valence-electron chi connectivity index (χ2n) is 15.5. The van der Waals surface area contributed by atoms with Gasteiger partial charge >= 0.3 is 0 Å². The van der Waals surface area contributed by atoms with E-state index in [-0.39, 0.29) is 0 Å². The van der Waals surface area contributed by atoms with Crippen molar-refractivity contribution in [3.63, 3.8) is 0 Å². The van der Waals surface area contributed by atoms with E-state index in [1.165, 1.54) is 54.8 Å². The number of allylic oxidation sites excluding steroid dienone is 12. The zero-order chi connectivity index (χ0) is 40.0. The molecule has 5 heteroatoms. The number of fused-ring (bicyclic) bond motifs is 8. The molecule has 11 rings (SSSR count). The van der Waals surface area contributed by atoms with E-state index in [4.69, 9.17) is 15.0 Å². The van der Waals surface area contributed by atoms with Gasteiger partial charge in [0.25, 0.3) is 0 Å². The molecule has 4 nitrogen and oxygen atoms in total. The van der Waals surface area contributed by atoms with E-state index in [9.17, 15) is 0 Å². The smallest absolute Gasteiger partial charge is 0.164 e. The van der Waals surface area contributed by atoms with Crippen LogP contribution in [-0.4, -0.2) is 19.9 Å². The van der Waals surface area contributed by atoms with Crippen LogP contribution in [0.4, 0.5) is 0 Å². The van der Waals surface area contributed by atoms with Crippen LogP contribution in [0.15, 0.2) is 210 Å². The summed E-state index contributed by atoms with van der Waals surface area (Å²) in [6.45, 7) is 4.55. The fourth-order valence-corrected chi connectivity index (χ4v) is 10.7. The molecule has 0 saturated heterocycles. The highest BCUT2D eigenvalue weighted by atomic mass is 32.2. The van der Waals surface area contributed by atoms with Gasteiger partial charge in [-0.15, -0.1) is 0 Å². The molecule has 5 aromatic carbocycles. The second-order valence-corrected chi connectivity index (χ2v) is 16.6. The first-order valence-corrected chi connectivity index (χ1v) is 21.5. The minimum Gasteiger partial charge on any atom is -0.264 e. The molecule has 0 saturated carbocycles. The maximum atomic E-state index is 5.16. The first-order valence-electron chi connectivity index (χ1n) is 20.7. The number of rotatable bonds is 7. The third-order valence-electron chi connectivity index (χ3n) is 12.2. The van der Waals surface area contributed by atoms with Crippen LogP contribution in [0.5, 0.6) is 0 Å². The van der Waals surface area contributed by atoms with Gasteiger partial charge < -0.3 is 0 Å². The Morgan fingerprint density at radius 3 is 2.13 bits per heavy atom. The highest BCUT2D eigenvalue weighted by molar-refractivity contribution is 8.03. The SMILES string of the molecule is C=CC1=C(/C=C/C2=CCCC=C2c2nc(C3=CCCC=C3)nc(-c3ccccc3)n2)Sc2cc(-c3cccc4ccncc34)ccc2C12c1ccccc1-c1ccccc12. The van der Waals surface area contributed by atoms with Gasteiger partial charge in [-0.3, -0.25) is 4.98 Å². The van der Waals surface area contributed by atoms with Crippen molar-refractivity contribution in [3.05, 3.63) is 233 Å². The van der Waals surface area contributed by atoms with Crippen molar-refractivity contribution in [1.29, 1.82) is 0 Å². The molecule has 7 aromatic rings. The summed E-state index contributed by atoms with van der Waals surface area (Å²) >= 11 is 1.82. The lowest BCUT2D eigenvalue weighted by atomic mass is 9.66. The van der Waals surface area contributed by atoms with Gasteiger partial charge in [0.15, 0.2) is 17.5 Å². The quantitative estimate of drug-likeness (QED) is 0.161. The molecule has 3 aliphatic carbocycles. The van der Waals surface area contributed by atoms with E-state index in [1.54, 1.807) is 0 Å². The Bertz CT molecular complexity index is 3040. The molecular formula is C55H40N4S. The molecule has 286 valence electrons. The number of hydrogen-bond acceptors (Lipinski definition) is 5. The minimum absolute atomic E-state index is 0.553. The summed E-state index contributed by atoms with van der Waals surface area (Å²) in [6, 6.07) is 43.7. The third-order valence-corrected chi connectivity index (χ3v) is 13.3. The number of hydrogen-bond donors (Lipinski definition) is 0. The third kappa shape index (κ3) is 5.91. The normalized spacial score (nSPS) is 16.3. The predicted octanol–water partition coefficient (Wildman–Crippen LogP) is 13.7. The van der Waals surface area contributed by atoms with Crippen LogP contribution in [0.25, 0.3) is 55.6 Å². The molecule has 0 amide bonds. The zero-order valence-corrected chi connectivity index (χ0v) is 33.9. The molecular weight excluding hydrogens is 749 g/mol. The van der Waals surface area contributed by atoms with E-state index in [1.807, 2.05) is 42.4 Å². The minimum atomic E-state index is -0.553. The average Bonchev–Trinajstić information content (AvgIpc) is 3.61. The van der Waals surface area contributed by atoms with Crippen molar-refractivity contribution >= 4 is 33.7 Å². The van der Waals surface area contributed by atoms with Gasteiger partial charge in [-0.2, -0.15) is 0 Å². The van der Waals surface area contributed by atoms with Crippen molar-refractivity contribution in [2.45, 2.75) is 36.0 Å². The van der Waals surface area contributed by atoms with Crippen LogP contribution in [0.3, 0.4) is 0 Å².